The Hall–Kier alpha value is -2.23. The molecule has 0 saturated heterocycles. The van der Waals surface area contributed by atoms with E-state index in [1.165, 1.54) is 27.9 Å². The third kappa shape index (κ3) is 1.33. The van der Waals surface area contributed by atoms with Crippen LogP contribution < -0.4 is 4.74 Å². The molecule has 1 aliphatic rings. The quantitative estimate of drug-likeness (QED) is 0.679. The molecule has 0 bridgehead atoms. The highest BCUT2D eigenvalue weighted by atomic mass is 16.5. The van der Waals surface area contributed by atoms with Crippen LogP contribution in [0.1, 0.15) is 11.4 Å². The van der Waals surface area contributed by atoms with E-state index in [-0.39, 0.29) is 0 Å². The number of hydrogen-bond donors (Lipinski definition) is 0. The first-order valence-corrected chi connectivity index (χ1v) is 6.88. The molecule has 0 spiro atoms. The molecule has 4 rings (SSSR count). The average molecular weight is 267 g/mol. The number of hydrogen-bond acceptors (Lipinski definition) is 2. The van der Waals surface area contributed by atoms with Crippen molar-refractivity contribution in [2.45, 2.75) is 19.9 Å². The second kappa shape index (κ2) is 3.88. The summed E-state index contributed by atoms with van der Waals surface area (Å²) in [6, 6.07) is 6.31. The zero-order valence-electron chi connectivity index (χ0n) is 12.0. The third-order valence-corrected chi connectivity index (χ3v) is 4.39. The summed E-state index contributed by atoms with van der Waals surface area (Å²) in [5.74, 6) is 2.01. The summed E-state index contributed by atoms with van der Waals surface area (Å²) < 4.78 is 9.95. The van der Waals surface area contributed by atoms with Crippen LogP contribution in [-0.2, 0) is 20.0 Å². The van der Waals surface area contributed by atoms with Gasteiger partial charge in [0, 0.05) is 24.5 Å². The molecular formula is C16H17N3O. The number of benzene rings is 1. The van der Waals surface area contributed by atoms with Gasteiger partial charge in [0.25, 0.3) is 0 Å². The van der Waals surface area contributed by atoms with Crippen LogP contribution in [0.2, 0.25) is 0 Å². The molecule has 1 aliphatic heterocycles. The standard InChI is InChI=1S/C16H17N3O/c1-10-17-9-15-16-12(6-7-19(10)15)13-8-11(20-3)4-5-14(13)18(16)2/h4-5,8-9H,6-7H2,1-3H3. The van der Waals surface area contributed by atoms with Crippen LogP contribution in [0, 0.1) is 6.92 Å². The summed E-state index contributed by atoms with van der Waals surface area (Å²) in [7, 11) is 3.85. The predicted molar refractivity (Wildman–Crippen MR) is 79.1 cm³/mol. The molecule has 0 atom stereocenters. The minimum atomic E-state index is 0.918. The van der Waals surface area contributed by atoms with Crippen molar-refractivity contribution in [2.24, 2.45) is 7.05 Å². The van der Waals surface area contributed by atoms with Crippen LogP contribution in [0.4, 0.5) is 0 Å². The zero-order valence-corrected chi connectivity index (χ0v) is 12.0. The van der Waals surface area contributed by atoms with Gasteiger partial charge in [0.15, 0.2) is 0 Å². The summed E-state index contributed by atoms with van der Waals surface area (Å²) in [4.78, 5) is 4.47. The van der Waals surface area contributed by atoms with Gasteiger partial charge in [-0.1, -0.05) is 0 Å². The highest BCUT2D eigenvalue weighted by Gasteiger charge is 2.24. The number of methoxy groups -OCH3 is 1. The molecule has 4 heteroatoms. The Morgan fingerprint density at radius 2 is 2.15 bits per heavy atom. The summed E-state index contributed by atoms with van der Waals surface area (Å²) in [6.07, 6.45) is 3.04. The van der Waals surface area contributed by atoms with E-state index in [2.05, 4.69) is 40.2 Å². The van der Waals surface area contributed by atoms with E-state index in [1.807, 2.05) is 12.3 Å². The summed E-state index contributed by atoms with van der Waals surface area (Å²) in [5, 5.41) is 1.30. The van der Waals surface area contributed by atoms with Gasteiger partial charge >= 0.3 is 0 Å². The average Bonchev–Trinajstić information content (AvgIpc) is 2.98. The minimum absolute atomic E-state index is 0.918. The maximum absolute atomic E-state index is 5.37. The van der Waals surface area contributed by atoms with Gasteiger partial charge in [0.05, 0.1) is 24.7 Å². The molecule has 0 fully saturated rings. The third-order valence-electron chi connectivity index (χ3n) is 4.39. The van der Waals surface area contributed by atoms with E-state index in [0.717, 1.165) is 24.5 Å². The van der Waals surface area contributed by atoms with Crippen molar-refractivity contribution in [1.82, 2.24) is 14.1 Å². The molecule has 20 heavy (non-hydrogen) atoms. The Balaban J connectivity index is 2.08. The molecule has 3 heterocycles. The topological polar surface area (TPSA) is 32.0 Å². The Morgan fingerprint density at radius 3 is 2.95 bits per heavy atom. The molecule has 0 amide bonds. The largest absolute Gasteiger partial charge is 0.497 e. The van der Waals surface area contributed by atoms with Gasteiger partial charge in [0.1, 0.15) is 11.6 Å². The maximum Gasteiger partial charge on any atom is 0.119 e. The molecule has 0 unspecified atom stereocenters. The van der Waals surface area contributed by atoms with Gasteiger partial charge in [-0.15, -0.1) is 0 Å². The smallest absolute Gasteiger partial charge is 0.119 e. The molecule has 4 nitrogen and oxygen atoms in total. The lowest BCUT2D eigenvalue weighted by atomic mass is 10.0. The molecule has 1 aromatic carbocycles. The van der Waals surface area contributed by atoms with Crippen LogP contribution in [0.25, 0.3) is 22.3 Å². The Labute approximate surface area is 117 Å². The number of fused-ring (bicyclic) bond motifs is 5. The van der Waals surface area contributed by atoms with Gasteiger partial charge in [-0.05, 0) is 37.1 Å². The van der Waals surface area contributed by atoms with Crippen LogP contribution in [-0.4, -0.2) is 21.2 Å². The Morgan fingerprint density at radius 1 is 1.30 bits per heavy atom. The number of imidazole rings is 1. The maximum atomic E-state index is 5.37. The van der Waals surface area contributed by atoms with Crippen molar-refractivity contribution in [3.8, 4) is 17.1 Å². The van der Waals surface area contributed by atoms with Crippen molar-refractivity contribution in [1.29, 1.82) is 0 Å². The van der Waals surface area contributed by atoms with Gasteiger partial charge in [-0.3, -0.25) is 0 Å². The summed E-state index contributed by atoms with van der Waals surface area (Å²) >= 11 is 0. The van der Waals surface area contributed by atoms with Crippen molar-refractivity contribution >= 4 is 10.9 Å². The number of nitrogens with zero attached hydrogens (tertiary/aromatic N) is 3. The number of ether oxygens (including phenoxy) is 1. The van der Waals surface area contributed by atoms with Crippen LogP contribution in [0.5, 0.6) is 5.75 Å². The van der Waals surface area contributed by atoms with Crippen LogP contribution >= 0.6 is 0 Å². The SMILES string of the molecule is COc1ccc2c(c1)c1c(n2C)-c2cnc(C)n2CC1. The first-order chi connectivity index (χ1) is 9.70. The molecule has 0 radical (unpaired) electrons. The zero-order chi connectivity index (χ0) is 13.9. The van der Waals surface area contributed by atoms with Crippen LogP contribution in [0.3, 0.4) is 0 Å². The second-order valence-corrected chi connectivity index (χ2v) is 5.36. The van der Waals surface area contributed by atoms with E-state index in [1.54, 1.807) is 7.11 Å². The van der Waals surface area contributed by atoms with E-state index < -0.39 is 0 Å². The highest BCUT2D eigenvalue weighted by molar-refractivity contribution is 5.92. The van der Waals surface area contributed by atoms with E-state index in [9.17, 15) is 0 Å². The van der Waals surface area contributed by atoms with Crippen LogP contribution in [0.15, 0.2) is 24.4 Å². The van der Waals surface area contributed by atoms with Gasteiger partial charge in [-0.2, -0.15) is 0 Å². The first-order valence-electron chi connectivity index (χ1n) is 6.88. The lowest BCUT2D eigenvalue weighted by molar-refractivity contribution is 0.415. The van der Waals surface area contributed by atoms with Crippen molar-refractivity contribution in [2.75, 3.05) is 7.11 Å². The fraction of sp³-hybridized carbons (Fsp3) is 0.312. The molecule has 0 N–H and O–H groups in total. The Bertz CT molecular complexity index is 826. The van der Waals surface area contributed by atoms with E-state index in [4.69, 9.17) is 4.74 Å². The van der Waals surface area contributed by atoms with E-state index >= 15 is 0 Å². The van der Waals surface area contributed by atoms with Crippen molar-refractivity contribution in [3.05, 3.63) is 35.8 Å². The Kier molecular flexibility index (Phi) is 2.25. The fourth-order valence-electron chi connectivity index (χ4n) is 3.37. The summed E-state index contributed by atoms with van der Waals surface area (Å²) in [6.45, 7) is 3.07. The fourth-order valence-corrected chi connectivity index (χ4v) is 3.37. The lowest BCUT2D eigenvalue weighted by Crippen LogP contribution is -2.12. The monoisotopic (exact) mass is 267 g/mol. The molecule has 3 aromatic rings. The number of aryl methyl sites for hydroxylation is 3. The molecule has 0 saturated carbocycles. The van der Waals surface area contributed by atoms with Gasteiger partial charge in [-0.25, -0.2) is 4.98 Å². The van der Waals surface area contributed by atoms with Crippen molar-refractivity contribution < 1.29 is 4.74 Å². The lowest BCUT2D eigenvalue weighted by Gasteiger charge is -2.18. The molecule has 2 aromatic heterocycles. The number of rotatable bonds is 1. The predicted octanol–water partition coefficient (Wildman–Crippen LogP) is 2.91. The number of aromatic nitrogens is 3. The van der Waals surface area contributed by atoms with Gasteiger partial charge in [0.2, 0.25) is 0 Å². The van der Waals surface area contributed by atoms with E-state index in [0.29, 0.717) is 0 Å². The highest BCUT2D eigenvalue weighted by Crippen LogP contribution is 2.38. The molecular weight excluding hydrogens is 250 g/mol. The first kappa shape index (κ1) is 11.6. The normalized spacial score (nSPS) is 13.3. The second-order valence-electron chi connectivity index (χ2n) is 5.36. The summed E-state index contributed by atoms with van der Waals surface area (Å²) in [5.41, 5.74) is 5.18. The molecule has 0 aliphatic carbocycles. The van der Waals surface area contributed by atoms with Crippen molar-refractivity contribution in [3.63, 3.8) is 0 Å². The minimum Gasteiger partial charge on any atom is -0.497 e. The molecule has 102 valence electrons. The van der Waals surface area contributed by atoms with Gasteiger partial charge < -0.3 is 13.9 Å².